The van der Waals surface area contributed by atoms with Gasteiger partial charge in [0.25, 0.3) is 5.69 Å². The molecule has 0 aliphatic heterocycles. The van der Waals surface area contributed by atoms with E-state index in [2.05, 4.69) is 0 Å². The Morgan fingerprint density at radius 3 is 2.04 bits per heavy atom. The van der Waals surface area contributed by atoms with E-state index in [0.717, 1.165) is 0 Å². The van der Waals surface area contributed by atoms with Gasteiger partial charge in [-0.2, -0.15) is 0 Å². The van der Waals surface area contributed by atoms with Crippen LogP contribution in [0.4, 0.5) is 5.69 Å². The maximum atomic E-state index is 12.3. The lowest BCUT2D eigenvalue weighted by atomic mass is 10.1. The minimum Gasteiger partial charge on any atom is -0.462 e. The van der Waals surface area contributed by atoms with Gasteiger partial charge in [-0.3, -0.25) is 10.1 Å². The van der Waals surface area contributed by atoms with Crippen LogP contribution in [0.3, 0.4) is 0 Å². The number of nitro groups is 1. The predicted molar refractivity (Wildman–Crippen MR) is 89.2 cm³/mol. The Hall–Kier alpha value is -3.22. The fraction of sp³-hybridized carbons (Fsp3) is 0.222. The Labute approximate surface area is 144 Å². The van der Waals surface area contributed by atoms with Crippen molar-refractivity contribution >= 4 is 17.6 Å². The second kappa shape index (κ2) is 8.58. The van der Waals surface area contributed by atoms with Crippen LogP contribution in [0.1, 0.15) is 39.6 Å². The number of carbonyl (C=O) groups excluding carboxylic acids is 2. The van der Waals surface area contributed by atoms with E-state index in [9.17, 15) is 19.7 Å². The van der Waals surface area contributed by atoms with Gasteiger partial charge in [0.2, 0.25) is 0 Å². The van der Waals surface area contributed by atoms with Crippen molar-refractivity contribution in [2.75, 3.05) is 6.61 Å². The highest BCUT2D eigenvalue weighted by atomic mass is 16.6. The van der Waals surface area contributed by atoms with E-state index in [0.29, 0.717) is 12.0 Å². The minimum absolute atomic E-state index is 0.0425. The summed E-state index contributed by atoms with van der Waals surface area (Å²) in [4.78, 5) is 34.4. The van der Waals surface area contributed by atoms with Crippen molar-refractivity contribution in [3.63, 3.8) is 0 Å². The molecule has 0 saturated carbocycles. The van der Waals surface area contributed by atoms with E-state index in [4.69, 9.17) is 9.47 Å². The molecule has 0 unspecified atom stereocenters. The molecule has 7 heteroatoms. The molecule has 0 heterocycles. The number of hydrogen-bond donors (Lipinski definition) is 0. The van der Waals surface area contributed by atoms with Gasteiger partial charge in [0.15, 0.2) is 0 Å². The van der Waals surface area contributed by atoms with Crippen molar-refractivity contribution < 1.29 is 24.0 Å². The lowest BCUT2D eigenvalue weighted by molar-refractivity contribution is -0.384. The molecule has 0 fully saturated rings. The van der Waals surface area contributed by atoms with Crippen molar-refractivity contribution in [1.29, 1.82) is 0 Å². The molecule has 0 aliphatic carbocycles. The molecule has 0 amide bonds. The fourth-order valence-electron chi connectivity index (χ4n) is 2.05. The third-order valence-corrected chi connectivity index (χ3v) is 3.32. The first kappa shape index (κ1) is 18.1. The standard InChI is InChI=1S/C18H17NO6/c1-2-11-24-17(20)15-5-3-4-6-16(15)18(21)25-12-13-7-9-14(10-8-13)19(22)23/h3-10H,2,11-12H2,1H3. The Balaban J connectivity index is 2.05. The molecule has 2 rings (SSSR count). The lowest BCUT2D eigenvalue weighted by Crippen LogP contribution is -2.14. The molecule has 0 saturated heterocycles. The molecule has 7 nitrogen and oxygen atoms in total. The van der Waals surface area contributed by atoms with Crippen molar-refractivity contribution in [2.45, 2.75) is 20.0 Å². The lowest BCUT2D eigenvalue weighted by Gasteiger charge is -2.09. The first-order chi connectivity index (χ1) is 12.0. The van der Waals surface area contributed by atoms with E-state index in [-0.39, 0.29) is 30.0 Å². The normalized spacial score (nSPS) is 10.1. The molecule has 2 aromatic rings. The molecular formula is C18H17NO6. The van der Waals surface area contributed by atoms with Crippen LogP contribution in [0.5, 0.6) is 0 Å². The summed E-state index contributed by atoms with van der Waals surface area (Å²) in [6.07, 6.45) is 0.679. The van der Waals surface area contributed by atoms with Gasteiger partial charge in [-0.25, -0.2) is 9.59 Å². The molecule has 0 aromatic heterocycles. The van der Waals surface area contributed by atoms with Crippen LogP contribution >= 0.6 is 0 Å². The average molecular weight is 343 g/mol. The van der Waals surface area contributed by atoms with Crippen LogP contribution in [-0.4, -0.2) is 23.5 Å². The fourth-order valence-corrected chi connectivity index (χ4v) is 2.05. The quantitative estimate of drug-likeness (QED) is 0.433. The Kier molecular flexibility index (Phi) is 6.22. The maximum Gasteiger partial charge on any atom is 0.339 e. The van der Waals surface area contributed by atoms with Gasteiger partial charge in [0.05, 0.1) is 22.7 Å². The van der Waals surface area contributed by atoms with Crippen molar-refractivity contribution in [3.8, 4) is 0 Å². The van der Waals surface area contributed by atoms with Crippen molar-refractivity contribution in [3.05, 3.63) is 75.3 Å². The highest BCUT2D eigenvalue weighted by Gasteiger charge is 2.19. The first-order valence-electron chi connectivity index (χ1n) is 7.69. The molecule has 2 aromatic carbocycles. The maximum absolute atomic E-state index is 12.3. The van der Waals surface area contributed by atoms with E-state index < -0.39 is 16.9 Å². The van der Waals surface area contributed by atoms with Crippen LogP contribution in [0.2, 0.25) is 0 Å². The van der Waals surface area contributed by atoms with Gasteiger partial charge in [-0.15, -0.1) is 0 Å². The number of nitro benzene ring substituents is 1. The number of esters is 2. The number of nitrogens with zero attached hydrogens (tertiary/aromatic N) is 1. The number of ether oxygens (including phenoxy) is 2. The van der Waals surface area contributed by atoms with Crippen molar-refractivity contribution in [2.24, 2.45) is 0 Å². The summed E-state index contributed by atoms with van der Waals surface area (Å²) in [5.74, 6) is -1.24. The Morgan fingerprint density at radius 2 is 1.52 bits per heavy atom. The molecule has 0 radical (unpaired) electrons. The third-order valence-electron chi connectivity index (χ3n) is 3.32. The van der Waals surface area contributed by atoms with Gasteiger partial charge in [-0.1, -0.05) is 19.1 Å². The molecular weight excluding hydrogens is 326 g/mol. The van der Waals surface area contributed by atoms with Crippen LogP contribution in [0.25, 0.3) is 0 Å². The summed E-state index contributed by atoms with van der Waals surface area (Å²) in [5, 5.41) is 10.6. The summed E-state index contributed by atoms with van der Waals surface area (Å²) in [7, 11) is 0. The number of benzene rings is 2. The Bertz CT molecular complexity index is 769. The second-order valence-corrected chi connectivity index (χ2v) is 5.18. The highest BCUT2D eigenvalue weighted by molar-refractivity contribution is 6.03. The number of non-ortho nitro benzene ring substituents is 1. The molecule has 0 bridgehead atoms. The molecule has 0 atom stereocenters. The molecule has 0 aliphatic rings. The predicted octanol–water partition coefficient (Wildman–Crippen LogP) is 3.52. The smallest absolute Gasteiger partial charge is 0.339 e. The van der Waals surface area contributed by atoms with E-state index in [1.165, 1.54) is 36.4 Å². The van der Waals surface area contributed by atoms with Crippen LogP contribution in [0, 0.1) is 10.1 Å². The topological polar surface area (TPSA) is 95.7 Å². The highest BCUT2D eigenvalue weighted by Crippen LogP contribution is 2.15. The van der Waals surface area contributed by atoms with Gasteiger partial charge in [0, 0.05) is 12.1 Å². The SMILES string of the molecule is CCCOC(=O)c1ccccc1C(=O)OCc1ccc([N+](=O)[O-])cc1. The van der Waals surface area contributed by atoms with Crippen molar-refractivity contribution in [1.82, 2.24) is 0 Å². The average Bonchev–Trinajstić information content (AvgIpc) is 2.64. The van der Waals surface area contributed by atoms with Crippen LogP contribution in [-0.2, 0) is 16.1 Å². The number of hydrogen-bond acceptors (Lipinski definition) is 6. The van der Waals surface area contributed by atoms with Crippen LogP contribution < -0.4 is 0 Å². The van der Waals surface area contributed by atoms with Gasteiger partial charge in [-0.05, 0) is 36.2 Å². The zero-order valence-corrected chi connectivity index (χ0v) is 13.6. The summed E-state index contributed by atoms with van der Waals surface area (Å²) in [6.45, 7) is 2.08. The summed E-state index contributed by atoms with van der Waals surface area (Å²) >= 11 is 0. The molecule has 130 valence electrons. The van der Waals surface area contributed by atoms with E-state index in [1.54, 1.807) is 12.1 Å². The summed E-state index contributed by atoms with van der Waals surface area (Å²) in [5.41, 5.74) is 0.819. The zero-order chi connectivity index (χ0) is 18.2. The number of rotatable bonds is 7. The minimum atomic E-state index is -0.664. The Morgan fingerprint density at radius 1 is 0.960 bits per heavy atom. The van der Waals surface area contributed by atoms with Crippen LogP contribution in [0.15, 0.2) is 48.5 Å². The first-order valence-corrected chi connectivity index (χ1v) is 7.69. The van der Waals surface area contributed by atoms with Gasteiger partial charge in [0.1, 0.15) is 6.61 Å². The molecule has 25 heavy (non-hydrogen) atoms. The number of carbonyl (C=O) groups is 2. The summed E-state index contributed by atoms with van der Waals surface area (Å²) in [6, 6.07) is 11.9. The zero-order valence-electron chi connectivity index (χ0n) is 13.6. The van der Waals surface area contributed by atoms with E-state index >= 15 is 0 Å². The van der Waals surface area contributed by atoms with Gasteiger partial charge >= 0.3 is 11.9 Å². The van der Waals surface area contributed by atoms with Gasteiger partial charge < -0.3 is 9.47 Å². The molecule has 0 N–H and O–H groups in total. The third kappa shape index (κ3) is 4.87. The largest absolute Gasteiger partial charge is 0.462 e. The van der Waals surface area contributed by atoms with E-state index in [1.807, 2.05) is 6.92 Å². The summed E-state index contributed by atoms with van der Waals surface area (Å²) < 4.78 is 10.2. The second-order valence-electron chi connectivity index (χ2n) is 5.18. The monoisotopic (exact) mass is 343 g/mol. The molecule has 0 spiro atoms.